The molecule has 0 spiro atoms. The molecular formula is C25H21N3O5. The van der Waals surface area contributed by atoms with E-state index in [2.05, 4.69) is 27.3 Å². The predicted molar refractivity (Wildman–Crippen MR) is 122 cm³/mol. The fourth-order valence-corrected chi connectivity index (χ4v) is 3.34. The number of amides is 1. The van der Waals surface area contributed by atoms with Crippen molar-refractivity contribution in [1.29, 1.82) is 0 Å². The molecular weight excluding hydrogens is 422 g/mol. The highest BCUT2D eigenvalue weighted by Crippen LogP contribution is 2.22. The van der Waals surface area contributed by atoms with E-state index in [1.807, 2.05) is 48.5 Å². The van der Waals surface area contributed by atoms with E-state index < -0.39 is 18.2 Å². The number of hydrogen-bond acceptors (Lipinski definition) is 5. The third kappa shape index (κ3) is 5.22. The Morgan fingerprint density at radius 2 is 1.97 bits per heavy atom. The Kier molecular flexibility index (Phi) is 6.13. The lowest BCUT2D eigenvalue weighted by atomic mass is 10.1. The maximum absolute atomic E-state index is 12.4. The van der Waals surface area contributed by atoms with E-state index >= 15 is 0 Å². The van der Waals surface area contributed by atoms with Crippen LogP contribution < -0.4 is 5.32 Å². The molecule has 3 N–H and O–H groups in total. The number of fused-ring (bicyclic) bond motifs is 1. The van der Waals surface area contributed by atoms with E-state index in [0.717, 1.165) is 16.5 Å². The molecule has 8 heteroatoms. The van der Waals surface area contributed by atoms with Crippen LogP contribution in [-0.2, 0) is 16.0 Å². The van der Waals surface area contributed by atoms with Crippen molar-refractivity contribution in [3.63, 3.8) is 0 Å². The van der Waals surface area contributed by atoms with Crippen molar-refractivity contribution in [3.05, 3.63) is 82.9 Å². The largest absolute Gasteiger partial charge is 0.481 e. The Bertz CT molecular complexity index is 1380. The van der Waals surface area contributed by atoms with E-state index in [4.69, 9.17) is 14.4 Å². The molecule has 0 fully saturated rings. The summed E-state index contributed by atoms with van der Waals surface area (Å²) in [5.74, 6) is 5.17. The molecule has 0 saturated carbocycles. The van der Waals surface area contributed by atoms with Crippen LogP contribution >= 0.6 is 0 Å². The number of nitrogens with one attached hydrogen (secondary N) is 2. The van der Waals surface area contributed by atoms with E-state index in [0.29, 0.717) is 22.6 Å². The van der Waals surface area contributed by atoms with Gasteiger partial charge in [-0.05, 0) is 48.9 Å². The molecule has 33 heavy (non-hydrogen) atoms. The molecule has 0 bridgehead atoms. The number of carboxylic acid groups (broad SMARTS) is 1. The van der Waals surface area contributed by atoms with Gasteiger partial charge in [-0.2, -0.15) is 0 Å². The SMILES string of the molecule is Cc1noc(C#Cc2ccc3cc(CC(=O)O)[nH]c3c2)c1NC(=O)OC(C)c1ccccc1. The standard InChI is InChI=1S/C25H21N3O5/c1-15-24(27-25(31)32-16(2)18-6-4-3-5-7-18)22(33-28-15)11-9-17-8-10-19-13-20(14-23(29)30)26-21(19)12-17/h3-8,10,12-13,16,26H,14H2,1-2H3,(H,27,31)(H,29,30). The Morgan fingerprint density at radius 1 is 1.18 bits per heavy atom. The summed E-state index contributed by atoms with van der Waals surface area (Å²) < 4.78 is 10.7. The first-order chi connectivity index (χ1) is 15.9. The number of aromatic nitrogens is 2. The molecule has 2 aromatic carbocycles. The number of benzene rings is 2. The first-order valence-electron chi connectivity index (χ1n) is 10.2. The number of carbonyl (C=O) groups is 2. The van der Waals surface area contributed by atoms with Gasteiger partial charge in [-0.3, -0.25) is 10.1 Å². The summed E-state index contributed by atoms with van der Waals surface area (Å²) in [6.45, 7) is 3.48. The summed E-state index contributed by atoms with van der Waals surface area (Å²) in [5, 5.41) is 16.4. The molecule has 4 aromatic rings. The smallest absolute Gasteiger partial charge is 0.412 e. The zero-order valence-electron chi connectivity index (χ0n) is 18.0. The van der Waals surface area contributed by atoms with Crippen LogP contribution in [0.4, 0.5) is 10.5 Å². The predicted octanol–water partition coefficient (Wildman–Crippen LogP) is 4.80. The molecule has 1 amide bonds. The number of rotatable bonds is 5. The fraction of sp³-hybridized carbons (Fsp3) is 0.160. The van der Waals surface area contributed by atoms with Crippen LogP contribution in [0, 0.1) is 18.8 Å². The van der Waals surface area contributed by atoms with Crippen LogP contribution in [0.25, 0.3) is 10.9 Å². The topological polar surface area (TPSA) is 117 Å². The number of nitrogens with zero attached hydrogens (tertiary/aromatic N) is 1. The van der Waals surface area contributed by atoms with Crippen molar-refractivity contribution < 1.29 is 24.0 Å². The average molecular weight is 443 g/mol. The lowest BCUT2D eigenvalue weighted by Crippen LogP contribution is -2.16. The second-order valence-electron chi connectivity index (χ2n) is 7.47. The zero-order valence-corrected chi connectivity index (χ0v) is 18.0. The summed E-state index contributed by atoms with van der Waals surface area (Å²) >= 11 is 0. The number of aliphatic carboxylic acids is 1. The van der Waals surface area contributed by atoms with Crippen LogP contribution in [0.1, 0.15) is 41.3 Å². The van der Waals surface area contributed by atoms with Crippen LogP contribution in [0.5, 0.6) is 0 Å². The molecule has 0 aliphatic heterocycles. The Hall–Kier alpha value is -4.51. The molecule has 1 unspecified atom stereocenters. The van der Waals surface area contributed by atoms with Gasteiger partial charge in [-0.1, -0.05) is 47.5 Å². The molecule has 0 aliphatic rings. The highest BCUT2D eigenvalue weighted by Gasteiger charge is 2.17. The number of carbonyl (C=O) groups excluding carboxylic acids is 1. The first-order valence-corrected chi connectivity index (χ1v) is 10.2. The highest BCUT2D eigenvalue weighted by molar-refractivity contribution is 5.87. The van der Waals surface area contributed by atoms with Gasteiger partial charge < -0.3 is 19.4 Å². The van der Waals surface area contributed by atoms with Gasteiger partial charge in [0.25, 0.3) is 0 Å². The summed E-state index contributed by atoms with van der Waals surface area (Å²) in [6.07, 6.45) is -1.15. The number of hydrogen-bond donors (Lipinski definition) is 3. The Labute approximate surface area is 189 Å². The molecule has 0 aliphatic carbocycles. The van der Waals surface area contributed by atoms with Crippen molar-refractivity contribution in [2.45, 2.75) is 26.4 Å². The number of ether oxygens (including phenoxy) is 1. The molecule has 166 valence electrons. The quantitative estimate of drug-likeness (QED) is 0.381. The number of carboxylic acids is 1. The Morgan fingerprint density at radius 3 is 2.73 bits per heavy atom. The van der Waals surface area contributed by atoms with Gasteiger partial charge >= 0.3 is 12.1 Å². The van der Waals surface area contributed by atoms with Crippen LogP contribution in [0.15, 0.2) is 59.1 Å². The van der Waals surface area contributed by atoms with Gasteiger partial charge in [0, 0.05) is 16.8 Å². The van der Waals surface area contributed by atoms with Gasteiger partial charge in [0.15, 0.2) is 0 Å². The maximum Gasteiger partial charge on any atom is 0.412 e. The van der Waals surface area contributed by atoms with E-state index in [9.17, 15) is 9.59 Å². The minimum absolute atomic E-state index is 0.0823. The minimum atomic E-state index is -0.904. The number of H-pyrrole nitrogens is 1. The van der Waals surface area contributed by atoms with Gasteiger partial charge in [0.05, 0.1) is 6.42 Å². The molecule has 0 radical (unpaired) electrons. The average Bonchev–Trinajstić information content (AvgIpc) is 3.34. The molecule has 2 heterocycles. The number of anilines is 1. The summed E-state index contributed by atoms with van der Waals surface area (Å²) in [7, 11) is 0. The van der Waals surface area contributed by atoms with E-state index in [-0.39, 0.29) is 12.2 Å². The Balaban J connectivity index is 1.49. The van der Waals surface area contributed by atoms with Gasteiger partial charge in [-0.25, -0.2) is 4.79 Å². The van der Waals surface area contributed by atoms with Crippen molar-refractivity contribution in [2.24, 2.45) is 0 Å². The zero-order chi connectivity index (χ0) is 23.4. The lowest BCUT2D eigenvalue weighted by molar-refractivity contribution is -0.136. The lowest BCUT2D eigenvalue weighted by Gasteiger charge is -2.13. The second kappa shape index (κ2) is 9.32. The molecule has 0 saturated heterocycles. The second-order valence-corrected chi connectivity index (χ2v) is 7.47. The maximum atomic E-state index is 12.4. The first kappa shape index (κ1) is 21.7. The third-order valence-electron chi connectivity index (χ3n) is 4.98. The van der Waals surface area contributed by atoms with E-state index in [1.165, 1.54) is 0 Å². The monoisotopic (exact) mass is 443 g/mol. The van der Waals surface area contributed by atoms with Crippen molar-refractivity contribution in [3.8, 4) is 11.8 Å². The summed E-state index contributed by atoms with van der Waals surface area (Å²) in [4.78, 5) is 26.4. The van der Waals surface area contributed by atoms with Crippen LogP contribution in [-0.4, -0.2) is 27.3 Å². The summed E-state index contributed by atoms with van der Waals surface area (Å²) in [5.41, 5.74) is 3.78. The van der Waals surface area contributed by atoms with Gasteiger partial charge in [-0.15, -0.1) is 0 Å². The molecule has 1 atom stereocenters. The van der Waals surface area contributed by atoms with Crippen LogP contribution in [0.3, 0.4) is 0 Å². The number of aromatic amines is 1. The summed E-state index contributed by atoms with van der Waals surface area (Å²) in [6, 6.07) is 16.7. The minimum Gasteiger partial charge on any atom is -0.481 e. The third-order valence-corrected chi connectivity index (χ3v) is 4.98. The van der Waals surface area contributed by atoms with Gasteiger partial charge in [0.2, 0.25) is 5.76 Å². The molecule has 4 rings (SSSR count). The van der Waals surface area contributed by atoms with Crippen molar-refractivity contribution in [2.75, 3.05) is 5.32 Å². The fourth-order valence-electron chi connectivity index (χ4n) is 3.34. The van der Waals surface area contributed by atoms with Gasteiger partial charge in [0.1, 0.15) is 17.5 Å². The van der Waals surface area contributed by atoms with Crippen molar-refractivity contribution >= 4 is 28.7 Å². The highest BCUT2D eigenvalue weighted by atomic mass is 16.6. The van der Waals surface area contributed by atoms with Crippen LogP contribution in [0.2, 0.25) is 0 Å². The normalized spacial score (nSPS) is 11.5. The molecule has 2 aromatic heterocycles. The number of aryl methyl sites for hydroxylation is 1. The van der Waals surface area contributed by atoms with E-state index in [1.54, 1.807) is 19.9 Å². The molecule has 8 nitrogen and oxygen atoms in total. The van der Waals surface area contributed by atoms with Crippen molar-refractivity contribution in [1.82, 2.24) is 10.1 Å².